The molecule has 0 fully saturated rings. The van der Waals surface area contributed by atoms with Crippen molar-refractivity contribution >= 4 is 37.5 Å². The van der Waals surface area contributed by atoms with Crippen LogP contribution in [0.2, 0.25) is 0 Å². The molecule has 0 aliphatic rings. The molecule has 0 radical (unpaired) electrons. The lowest BCUT2D eigenvalue weighted by Crippen LogP contribution is -2.23. The van der Waals surface area contributed by atoms with Crippen molar-refractivity contribution < 1.29 is 13.2 Å². The smallest absolute Gasteiger partial charge is 0.240 e. The molecule has 0 aromatic heterocycles. The van der Waals surface area contributed by atoms with Crippen LogP contribution in [0.15, 0.2) is 29.2 Å². The summed E-state index contributed by atoms with van der Waals surface area (Å²) in [4.78, 5) is 11.3. The minimum absolute atomic E-state index is 0.175. The molecule has 1 aromatic rings. The van der Waals surface area contributed by atoms with Gasteiger partial charge in [-0.25, -0.2) is 13.1 Å². The number of sulfonamides is 1. The highest BCUT2D eigenvalue weighted by atomic mass is 79.9. The van der Waals surface area contributed by atoms with Gasteiger partial charge in [0, 0.05) is 12.2 Å². The molecule has 2 N–H and O–H groups in total. The molecule has 0 saturated heterocycles. The van der Waals surface area contributed by atoms with Gasteiger partial charge in [-0.3, -0.25) is 4.79 Å². The van der Waals surface area contributed by atoms with E-state index in [2.05, 4.69) is 26.0 Å². The highest BCUT2D eigenvalue weighted by molar-refractivity contribution is 9.10. The minimum Gasteiger partial charge on any atom is -0.325 e. The van der Waals surface area contributed by atoms with Crippen molar-refractivity contribution in [1.82, 2.24) is 4.72 Å². The standard InChI is InChI=1S/C11H15BrN2O3S/c1-3-13-18(16,17)10-6-4-9(5-7-10)14-11(15)8(2)12/h4-8,13H,3H2,1-2H3,(H,14,15). The van der Waals surface area contributed by atoms with Crippen LogP contribution in [0.1, 0.15) is 13.8 Å². The molecule has 7 heteroatoms. The first kappa shape index (κ1) is 15.1. The van der Waals surface area contributed by atoms with E-state index in [-0.39, 0.29) is 15.6 Å². The average Bonchev–Trinajstić information content (AvgIpc) is 2.29. The van der Waals surface area contributed by atoms with E-state index in [1.54, 1.807) is 26.0 Å². The summed E-state index contributed by atoms with van der Waals surface area (Å²) in [5.74, 6) is -0.183. The molecule has 0 bridgehead atoms. The van der Waals surface area contributed by atoms with Gasteiger partial charge < -0.3 is 5.32 Å². The molecule has 1 aromatic carbocycles. The van der Waals surface area contributed by atoms with E-state index in [1.807, 2.05) is 0 Å². The molecule has 5 nitrogen and oxygen atoms in total. The van der Waals surface area contributed by atoms with Crippen LogP contribution in [-0.2, 0) is 14.8 Å². The Bertz CT molecular complexity index is 512. The summed E-state index contributed by atoms with van der Waals surface area (Å²) >= 11 is 3.15. The first-order valence-electron chi connectivity index (χ1n) is 5.41. The van der Waals surface area contributed by atoms with Gasteiger partial charge in [0.2, 0.25) is 15.9 Å². The van der Waals surface area contributed by atoms with Gasteiger partial charge in [0.15, 0.2) is 0 Å². The topological polar surface area (TPSA) is 75.3 Å². The molecule has 0 heterocycles. The van der Waals surface area contributed by atoms with Gasteiger partial charge in [-0.05, 0) is 31.2 Å². The summed E-state index contributed by atoms with van der Waals surface area (Å²) in [7, 11) is -3.44. The highest BCUT2D eigenvalue weighted by Crippen LogP contribution is 2.14. The van der Waals surface area contributed by atoms with Crippen LogP contribution in [0, 0.1) is 0 Å². The monoisotopic (exact) mass is 334 g/mol. The molecule has 0 aliphatic heterocycles. The Balaban J connectivity index is 2.84. The number of carbonyl (C=O) groups is 1. The van der Waals surface area contributed by atoms with E-state index >= 15 is 0 Å². The second-order valence-corrected chi connectivity index (χ2v) is 6.77. The second-order valence-electron chi connectivity index (χ2n) is 3.63. The Morgan fingerprint density at radius 3 is 2.33 bits per heavy atom. The number of carbonyl (C=O) groups excluding carboxylic acids is 1. The van der Waals surface area contributed by atoms with Gasteiger partial charge in [-0.1, -0.05) is 22.9 Å². The molecule has 0 saturated carbocycles. The molecular weight excluding hydrogens is 320 g/mol. The summed E-state index contributed by atoms with van der Waals surface area (Å²) < 4.78 is 25.7. The van der Waals surface area contributed by atoms with Crippen molar-refractivity contribution in [2.75, 3.05) is 11.9 Å². The Kier molecular flexibility index (Phi) is 5.30. The number of amides is 1. The molecule has 100 valence electrons. The number of benzene rings is 1. The van der Waals surface area contributed by atoms with Crippen molar-refractivity contribution in [1.29, 1.82) is 0 Å². The van der Waals surface area contributed by atoms with E-state index in [9.17, 15) is 13.2 Å². The summed E-state index contributed by atoms with van der Waals surface area (Å²) in [5, 5.41) is 2.65. The summed E-state index contributed by atoms with van der Waals surface area (Å²) in [5.41, 5.74) is 0.557. The molecule has 1 unspecified atom stereocenters. The zero-order valence-corrected chi connectivity index (χ0v) is 12.5. The maximum Gasteiger partial charge on any atom is 0.240 e. The number of hydrogen-bond acceptors (Lipinski definition) is 3. The van der Waals surface area contributed by atoms with E-state index in [4.69, 9.17) is 0 Å². The van der Waals surface area contributed by atoms with Gasteiger partial charge >= 0.3 is 0 Å². The van der Waals surface area contributed by atoms with Gasteiger partial charge in [0.25, 0.3) is 0 Å². The molecule has 1 amide bonds. The lowest BCUT2D eigenvalue weighted by Gasteiger charge is -2.08. The van der Waals surface area contributed by atoms with Crippen LogP contribution in [0.5, 0.6) is 0 Å². The molecule has 18 heavy (non-hydrogen) atoms. The van der Waals surface area contributed by atoms with Gasteiger partial charge in [0.05, 0.1) is 9.72 Å². The summed E-state index contributed by atoms with van der Waals surface area (Å²) in [6.07, 6.45) is 0. The first-order valence-corrected chi connectivity index (χ1v) is 7.81. The number of alkyl halides is 1. The molecule has 0 aliphatic carbocycles. The van der Waals surface area contributed by atoms with Crippen LogP contribution < -0.4 is 10.0 Å². The van der Waals surface area contributed by atoms with Crippen LogP contribution in [-0.4, -0.2) is 25.7 Å². The van der Waals surface area contributed by atoms with E-state index < -0.39 is 10.0 Å². The van der Waals surface area contributed by atoms with Crippen LogP contribution in [0.25, 0.3) is 0 Å². The summed E-state index contributed by atoms with van der Waals surface area (Å²) in [6.45, 7) is 3.75. The van der Waals surface area contributed by atoms with Gasteiger partial charge in [-0.2, -0.15) is 0 Å². The van der Waals surface area contributed by atoms with E-state index in [0.29, 0.717) is 12.2 Å². The fraction of sp³-hybridized carbons (Fsp3) is 0.364. The van der Waals surface area contributed by atoms with Gasteiger partial charge in [0.1, 0.15) is 0 Å². The normalized spacial score (nSPS) is 13.1. The Morgan fingerprint density at radius 2 is 1.89 bits per heavy atom. The highest BCUT2D eigenvalue weighted by Gasteiger charge is 2.13. The van der Waals surface area contributed by atoms with Crippen molar-refractivity contribution in [2.24, 2.45) is 0 Å². The quantitative estimate of drug-likeness (QED) is 0.805. The van der Waals surface area contributed by atoms with Gasteiger partial charge in [-0.15, -0.1) is 0 Å². The summed E-state index contributed by atoms with van der Waals surface area (Å²) in [6, 6.07) is 6.01. The SMILES string of the molecule is CCNS(=O)(=O)c1ccc(NC(=O)C(C)Br)cc1. The Morgan fingerprint density at radius 1 is 1.33 bits per heavy atom. The van der Waals surface area contributed by atoms with Crippen molar-refractivity contribution in [3.05, 3.63) is 24.3 Å². The lowest BCUT2D eigenvalue weighted by atomic mass is 10.3. The fourth-order valence-corrected chi connectivity index (χ4v) is 2.39. The number of anilines is 1. The van der Waals surface area contributed by atoms with E-state index in [0.717, 1.165) is 0 Å². The van der Waals surface area contributed by atoms with Crippen LogP contribution in [0.3, 0.4) is 0 Å². The van der Waals surface area contributed by atoms with Crippen LogP contribution in [0.4, 0.5) is 5.69 Å². The second kappa shape index (κ2) is 6.31. The average molecular weight is 335 g/mol. The zero-order valence-electron chi connectivity index (χ0n) is 10.1. The first-order chi connectivity index (χ1) is 8.36. The third-order valence-electron chi connectivity index (χ3n) is 2.13. The Hall–Kier alpha value is -0.920. The lowest BCUT2D eigenvalue weighted by molar-refractivity contribution is -0.115. The van der Waals surface area contributed by atoms with Crippen molar-refractivity contribution in [3.8, 4) is 0 Å². The number of nitrogens with one attached hydrogen (secondary N) is 2. The zero-order chi connectivity index (χ0) is 13.8. The maximum atomic E-state index is 11.7. The predicted octanol–water partition coefficient (Wildman–Crippen LogP) is 1.71. The van der Waals surface area contributed by atoms with Crippen molar-refractivity contribution in [3.63, 3.8) is 0 Å². The number of halogens is 1. The van der Waals surface area contributed by atoms with Crippen molar-refractivity contribution in [2.45, 2.75) is 23.6 Å². The third-order valence-corrected chi connectivity index (χ3v) is 4.11. The molecule has 1 atom stereocenters. The largest absolute Gasteiger partial charge is 0.325 e. The van der Waals surface area contributed by atoms with E-state index in [1.165, 1.54) is 12.1 Å². The van der Waals surface area contributed by atoms with Crippen LogP contribution >= 0.6 is 15.9 Å². The number of hydrogen-bond donors (Lipinski definition) is 2. The molecule has 1 rings (SSSR count). The maximum absolute atomic E-state index is 11.7. The number of rotatable bonds is 5. The molecule has 0 spiro atoms. The molecular formula is C11H15BrN2O3S. The minimum atomic E-state index is -3.44. The Labute approximate surface area is 115 Å². The third kappa shape index (κ3) is 4.08. The fourth-order valence-electron chi connectivity index (χ4n) is 1.23. The predicted molar refractivity (Wildman–Crippen MR) is 74.3 cm³/mol.